The fourth-order valence-corrected chi connectivity index (χ4v) is 3.27. The molecule has 0 radical (unpaired) electrons. The number of nitrogens with zero attached hydrogens (tertiary/aromatic N) is 2. The van der Waals surface area contributed by atoms with Crippen molar-refractivity contribution >= 4 is 30.2 Å². The van der Waals surface area contributed by atoms with Crippen molar-refractivity contribution in [3.8, 4) is 5.88 Å². The van der Waals surface area contributed by atoms with Crippen LogP contribution in [0.2, 0.25) is 0 Å². The lowest BCUT2D eigenvalue weighted by atomic mass is 10.1. The lowest BCUT2D eigenvalue weighted by molar-refractivity contribution is -0.549. The molecule has 0 spiro atoms. The molecule has 1 aromatic heterocycles. The first kappa shape index (κ1) is 16.0. The molecule has 1 saturated heterocycles. The minimum absolute atomic E-state index is 0.0296. The first-order valence-electron chi connectivity index (χ1n) is 8.20. The van der Waals surface area contributed by atoms with Gasteiger partial charge in [-0.1, -0.05) is 12.1 Å². The first-order chi connectivity index (χ1) is 12.1. The molecule has 3 N–H and O–H groups in total. The van der Waals surface area contributed by atoms with Gasteiger partial charge in [-0.25, -0.2) is 0 Å². The van der Waals surface area contributed by atoms with Gasteiger partial charge in [-0.2, -0.15) is 0 Å². The Morgan fingerprint density at radius 2 is 2.08 bits per heavy atom. The molecule has 4 rings (SSSR count). The SMILES string of the molecule is Cc1ccc2c(c1)=NC(=[N+]1CCOCC1)/C(=C/c1[nH]c(=S)[nH]c1O)C=2. The third kappa shape index (κ3) is 3.20. The van der Waals surface area contributed by atoms with Crippen LogP contribution >= 0.6 is 12.2 Å². The summed E-state index contributed by atoms with van der Waals surface area (Å²) >= 11 is 5.05. The Morgan fingerprint density at radius 3 is 2.80 bits per heavy atom. The first-order valence-corrected chi connectivity index (χ1v) is 8.61. The highest BCUT2D eigenvalue weighted by Crippen LogP contribution is 2.18. The van der Waals surface area contributed by atoms with Crippen molar-refractivity contribution in [3.05, 3.63) is 50.4 Å². The van der Waals surface area contributed by atoms with Crippen LogP contribution in [0.1, 0.15) is 11.3 Å². The molecule has 0 atom stereocenters. The monoisotopic (exact) mass is 355 g/mol. The van der Waals surface area contributed by atoms with E-state index in [9.17, 15) is 5.11 Å². The number of benzene rings is 1. The summed E-state index contributed by atoms with van der Waals surface area (Å²) < 4.78 is 8.07. The summed E-state index contributed by atoms with van der Waals surface area (Å²) in [6.07, 6.45) is 3.97. The summed E-state index contributed by atoms with van der Waals surface area (Å²) in [7, 11) is 0. The van der Waals surface area contributed by atoms with Gasteiger partial charge in [-0.3, -0.25) is 4.58 Å². The number of aromatic amines is 2. The normalized spacial score (nSPS) is 18.7. The van der Waals surface area contributed by atoms with E-state index in [0.717, 1.165) is 35.1 Å². The number of aromatic hydroxyl groups is 1. The molecular formula is C18H19N4O2S+. The number of rotatable bonds is 1. The topological polar surface area (TPSA) is 76.4 Å². The zero-order valence-corrected chi connectivity index (χ0v) is 14.7. The highest BCUT2D eigenvalue weighted by Gasteiger charge is 2.24. The molecule has 0 amide bonds. The van der Waals surface area contributed by atoms with Crippen LogP contribution in [0.3, 0.4) is 0 Å². The summed E-state index contributed by atoms with van der Waals surface area (Å²) in [6, 6.07) is 6.23. The summed E-state index contributed by atoms with van der Waals surface area (Å²) in [4.78, 5) is 10.6. The predicted octanol–water partition coefficient (Wildman–Crippen LogP) is 1.02. The number of aryl methyl sites for hydroxylation is 1. The summed E-state index contributed by atoms with van der Waals surface area (Å²) in [5.41, 5.74) is 2.66. The van der Waals surface area contributed by atoms with Gasteiger partial charge in [0.1, 0.15) is 18.8 Å². The van der Waals surface area contributed by atoms with Crippen molar-refractivity contribution in [1.29, 1.82) is 0 Å². The Labute approximate surface area is 149 Å². The molecular weight excluding hydrogens is 336 g/mol. The van der Waals surface area contributed by atoms with Crippen molar-refractivity contribution < 1.29 is 14.4 Å². The molecule has 1 fully saturated rings. The molecule has 128 valence electrons. The molecule has 0 saturated carbocycles. The van der Waals surface area contributed by atoms with Crippen LogP contribution in [0.4, 0.5) is 0 Å². The standard InChI is InChI=1S/C18H18N4O2S/c1-11-2-3-12-9-13(10-15-17(23)21-18(25)20-15)16(19-14(12)8-11)22-4-6-24-7-5-22/h2-3,8-10H,4-7H2,1H3,(H2,20,21,23,25)/p+1. The van der Waals surface area contributed by atoms with E-state index >= 15 is 0 Å². The van der Waals surface area contributed by atoms with E-state index in [1.165, 1.54) is 5.56 Å². The molecule has 3 heterocycles. The van der Waals surface area contributed by atoms with E-state index in [0.29, 0.717) is 23.7 Å². The molecule has 0 aliphatic carbocycles. The fourth-order valence-electron chi connectivity index (χ4n) is 3.07. The van der Waals surface area contributed by atoms with Crippen molar-refractivity contribution in [3.63, 3.8) is 0 Å². The van der Waals surface area contributed by atoms with Gasteiger partial charge in [0, 0.05) is 5.22 Å². The number of fused-ring (bicyclic) bond motifs is 1. The lowest BCUT2D eigenvalue weighted by Gasteiger charge is -2.16. The molecule has 0 bridgehead atoms. The Hall–Kier alpha value is -2.51. The summed E-state index contributed by atoms with van der Waals surface area (Å²) in [5, 5.41) is 12.0. The molecule has 2 aliphatic rings. The van der Waals surface area contributed by atoms with Crippen LogP contribution in [0.15, 0.2) is 28.8 Å². The number of ether oxygens (including phenoxy) is 1. The van der Waals surface area contributed by atoms with E-state index in [4.69, 9.17) is 21.9 Å². The van der Waals surface area contributed by atoms with Crippen LogP contribution < -0.4 is 10.6 Å². The van der Waals surface area contributed by atoms with Gasteiger partial charge >= 0.3 is 5.84 Å². The average molecular weight is 355 g/mol. The largest absolute Gasteiger partial charge is 0.493 e. The molecule has 1 aromatic carbocycles. The number of amidine groups is 1. The van der Waals surface area contributed by atoms with Crippen LogP contribution in [-0.4, -0.2) is 51.8 Å². The van der Waals surface area contributed by atoms with Gasteiger partial charge in [0.25, 0.3) is 0 Å². The fraction of sp³-hybridized carbons (Fsp3) is 0.278. The Balaban J connectivity index is 1.94. The highest BCUT2D eigenvalue weighted by atomic mass is 32.1. The number of hydrogen-bond donors (Lipinski definition) is 3. The second-order valence-electron chi connectivity index (χ2n) is 6.18. The number of morpholine rings is 1. The average Bonchev–Trinajstić information content (AvgIpc) is 2.92. The maximum atomic E-state index is 10.0. The van der Waals surface area contributed by atoms with E-state index in [-0.39, 0.29) is 5.88 Å². The summed E-state index contributed by atoms with van der Waals surface area (Å²) in [5.74, 6) is 0.920. The minimum atomic E-state index is 0.0296. The Kier molecular flexibility index (Phi) is 4.10. The Morgan fingerprint density at radius 1 is 1.28 bits per heavy atom. The van der Waals surface area contributed by atoms with E-state index in [1.54, 1.807) is 0 Å². The predicted molar refractivity (Wildman–Crippen MR) is 97.9 cm³/mol. The van der Waals surface area contributed by atoms with Gasteiger partial charge in [0.15, 0.2) is 10.1 Å². The van der Waals surface area contributed by atoms with Crippen molar-refractivity contribution in [1.82, 2.24) is 9.97 Å². The molecule has 7 heteroatoms. The summed E-state index contributed by atoms with van der Waals surface area (Å²) in [6.45, 7) is 5.02. The van der Waals surface area contributed by atoms with Crippen molar-refractivity contribution in [2.75, 3.05) is 26.3 Å². The van der Waals surface area contributed by atoms with E-state index in [1.807, 2.05) is 6.08 Å². The van der Waals surface area contributed by atoms with Crippen LogP contribution in [0.5, 0.6) is 5.88 Å². The van der Waals surface area contributed by atoms with E-state index in [2.05, 4.69) is 45.7 Å². The third-order valence-corrected chi connectivity index (χ3v) is 4.53. The van der Waals surface area contributed by atoms with Crippen molar-refractivity contribution in [2.24, 2.45) is 4.99 Å². The zero-order valence-electron chi connectivity index (χ0n) is 13.9. The van der Waals surface area contributed by atoms with Gasteiger partial charge in [0.2, 0.25) is 5.88 Å². The zero-order chi connectivity index (χ0) is 17.4. The number of H-pyrrole nitrogens is 2. The van der Waals surface area contributed by atoms with Crippen LogP contribution in [0.25, 0.3) is 12.2 Å². The quantitative estimate of drug-likeness (QED) is 0.528. The van der Waals surface area contributed by atoms with E-state index < -0.39 is 0 Å². The number of aromatic nitrogens is 2. The van der Waals surface area contributed by atoms with Crippen molar-refractivity contribution in [2.45, 2.75) is 6.92 Å². The van der Waals surface area contributed by atoms with Crippen LogP contribution in [-0.2, 0) is 4.74 Å². The molecule has 25 heavy (non-hydrogen) atoms. The molecule has 0 unspecified atom stereocenters. The Bertz CT molecular complexity index is 1070. The van der Waals surface area contributed by atoms with Gasteiger partial charge < -0.3 is 19.8 Å². The second-order valence-corrected chi connectivity index (χ2v) is 6.59. The van der Waals surface area contributed by atoms with Gasteiger partial charge in [0.05, 0.1) is 18.8 Å². The van der Waals surface area contributed by atoms with Crippen LogP contribution in [0, 0.1) is 11.7 Å². The molecule has 2 aliphatic heterocycles. The number of imidazole rings is 1. The molecule has 2 aromatic rings. The number of hydrogen-bond acceptors (Lipinski definition) is 3. The maximum Gasteiger partial charge on any atom is 0.326 e. The lowest BCUT2D eigenvalue weighted by Crippen LogP contribution is -2.38. The van der Waals surface area contributed by atoms with Gasteiger partial charge in [-0.15, -0.1) is 0 Å². The maximum absolute atomic E-state index is 10.0. The smallest absolute Gasteiger partial charge is 0.326 e. The molecule has 6 nitrogen and oxygen atoms in total. The van der Waals surface area contributed by atoms with Gasteiger partial charge in [-0.05, 0) is 47.9 Å². The highest BCUT2D eigenvalue weighted by molar-refractivity contribution is 7.71. The second kappa shape index (κ2) is 6.42. The number of nitrogens with one attached hydrogen (secondary N) is 2. The minimum Gasteiger partial charge on any atom is -0.493 e. The third-order valence-electron chi connectivity index (χ3n) is 4.33.